The molecule has 0 aliphatic carbocycles. The average Bonchev–Trinajstić information content (AvgIpc) is 2.50. The number of nitrogens with one attached hydrogen (secondary N) is 1. The molecule has 0 fully saturated rings. The molecule has 0 saturated heterocycles. The molecule has 0 aliphatic heterocycles. The summed E-state index contributed by atoms with van der Waals surface area (Å²) in [5, 5.41) is 2.71. The zero-order valence-electron chi connectivity index (χ0n) is 14.6. The van der Waals surface area contributed by atoms with E-state index in [2.05, 4.69) is 5.32 Å². The van der Waals surface area contributed by atoms with Crippen LogP contribution in [0.4, 0.5) is 15.8 Å². The van der Waals surface area contributed by atoms with Crippen LogP contribution in [0.5, 0.6) is 0 Å². The lowest BCUT2D eigenvalue weighted by molar-refractivity contribution is -0.116. The molecule has 0 spiro atoms. The third-order valence-corrected chi connectivity index (χ3v) is 5.05. The molecule has 2 rings (SSSR count). The predicted octanol–water partition coefficient (Wildman–Crippen LogP) is 3.24. The van der Waals surface area contributed by atoms with E-state index in [0.717, 1.165) is 27.8 Å². The van der Waals surface area contributed by atoms with Gasteiger partial charge in [-0.3, -0.25) is 9.10 Å². The maximum Gasteiger partial charge on any atom is 0.248 e. The number of hydrogen-bond acceptors (Lipinski definition) is 3. The first-order valence-corrected chi connectivity index (χ1v) is 9.58. The zero-order valence-corrected chi connectivity index (χ0v) is 15.4. The summed E-state index contributed by atoms with van der Waals surface area (Å²) in [6, 6.07) is 9.85. The number of carbonyl (C=O) groups is 1. The highest BCUT2D eigenvalue weighted by Crippen LogP contribution is 2.25. The van der Waals surface area contributed by atoms with Crippen LogP contribution in [-0.2, 0) is 14.8 Å². The van der Waals surface area contributed by atoms with Crippen molar-refractivity contribution < 1.29 is 17.6 Å². The highest BCUT2D eigenvalue weighted by atomic mass is 32.2. The summed E-state index contributed by atoms with van der Waals surface area (Å²) in [6.07, 6.45) is 0.945. The number of halogens is 1. The van der Waals surface area contributed by atoms with Gasteiger partial charge in [0.2, 0.25) is 15.9 Å². The first-order valence-electron chi connectivity index (χ1n) is 7.73. The molecule has 0 heterocycles. The zero-order chi connectivity index (χ0) is 18.8. The summed E-state index contributed by atoms with van der Waals surface area (Å²) in [4.78, 5) is 12.6. The number of aryl methyl sites for hydroxylation is 2. The van der Waals surface area contributed by atoms with Crippen molar-refractivity contribution >= 4 is 27.3 Å². The fourth-order valence-corrected chi connectivity index (χ4v) is 3.78. The quantitative estimate of drug-likeness (QED) is 0.886. The van der Waals surface area contributed by atoms with Crippen LogP contribution in [0, 0.1) is 19.7 Å². The van der Waals surface area contributed by atoms with Crippen LogP contribution in [0.3, 0.4) is 0 Å². The Balaban J connectivity index is 2.35. The summed E-state index contributed by atoms with van der Waals surface area (Å²) >= 11 is 0. The first-order chi connectivity index (χ1) is 11.6. The number of rotatable bonds is 5. The standard InChI is InChI=1S/C18H21FN2O3S/c1-12-9-10-16(13(2)11-12)20-18(22)14(3)21(25(4,23)24)17-8-6-5-7-15(17)19/h5-11,14H,1-4H3,(H,20,22). The van der Waals surface area contributed by atoms with Crippen molar-refractivity contribution in [1.82, 2.24) is 0 Å². The summed E-state index contributed by atoms with van der Waals surface area (Å²) in [5.41, 5.74) is 2.34. The molecule has 2 aromatic carbocycles. The Hall–Kier alpha value is -2.41. The van der Waals surface area contributed by atoms with E-state index in [1.54, 1.807) is 6.07 Å². The highest BCUT2D eigenvalue weighted by molar-refractivity contribution is 7.92. The second-order valence-electron chi connectivity index (χ2n) is 5.99. The molecule has 7 heteroatoms. The van der Waals surface area contributed by atoms with Crippen LogP contribution < -0.4 is 9.62 Å². The van der Waals surface area contributed by atoms with Crippen LogP contribution >= 0.6 is 0 Å². The van der Waals surface area contributed by atoms with E-state index in [4.69, 9.17) is 0 Å². The van der Waals surface area contributed by atoms with Crippen molar-refractivity contribution in [3.05, 3.63) is 59.4 Å². The lowest BCUT2D eigenvalue weighted by Crippen LogP contribution is -2.45. The van der Waals surface area contributed by atoms with E-state index in [1.165, 1.54) is 25.1 Å². The van der Waals surface area contributed by atoms with Crippen molar-refractivity contribution in [3.63, 3.8) is 0 Å². The number of nitrogens with zero attached hydrogens (tertiary/aromatic N) is 1. The Kier molecular flexibility index (Phi) is 5.47. The van der Waals surface area contributed by atoms with Crippen LogP contribution in [0.2, 0.25) is 0 Å². The van der Waals surface area contributed by atoms with E-state index in [0.29, 0.717) is 5.69 Å². The number of sulfonamides is 1. The molecule has 25 heavy (non-hydrogen) atoms. The number of anilines is 2. The van der Waals surface area contributed by atoms with E-state index < -0.39 is 27.8 Å². The maximum absolute atomic E-state index is 14.1. The molecule has 0 bridgehead atoms. The van der Waals surface area contributed by atoms with E-state index in [9.17, 15) is 17.6 Å². The SMILES string of the molecule is Cc1ccc(NC(=O)C(C)N(c2ccccc2F)S(C)(=O)=O)c(C)c1. The molecule has 0 aliphatic rings. The normalized spacial score (nSPS) is 12.5. The van der Waals surface area contributed by atoms with Gasteiger partial charge >= 0.3 is 0 Å². The number of hydrogen-bond donors (Lipinski definition) is 1. The van der Waals surface area contributed by atoms with E-state index in [1.807, 2.05) is 26.0 Å². The van der Waals surface area contributed by atoms with Gasteiger partial charge in [0, 0.05) is 5.69 Å². The van der Waals surface area contributed by atoms with Gasteiger partial charge < -0.3 is 5.32 Å². The van der Waals surface area contributed by atoms with Crippen LogP contribution in [0.25, 0.3) is 0 Å². The molecular formula is C18H21FN2O3S. The second kappa shape index (κ2) is 7.23. The molecule has 0 radical (unpaired) electrons. The van der Waals surface area contributed by atoms with Gasteiger partial charge in [0.1, 0.15) is 11.9 Å². The number of para-hydroxylation sites is 1. The number of carbonyl (C=O) groups excluding carboxylic acids is 1. The number of amides is 1. The molecular weight excluding hydrogens is 343 g/mol. The van der Waals surface area contributed by atoms with Crippen molar-refractivity contribution in [1.29, 1.82) is 0 Å². The Morgan fingerprint density at radius 1 is 1.16 bits per heavy atom. The van der Waals surface area contributed by atoms with Gasteiger partial charge in [0.25, 0.3) is 0 Å². The Morgan fingerprint density at radius 2 is 1.80 bits per heavy atom. The molecule has 2 aromatic rings. The Morgan fingerprint density at radius 3 is 2.36 bits per heavy atom. The fraction of sp³-hybridized carbons (Fsp3) is 0.278. The molecule has 1 unspecified atom stereocenters. The third-order valence-electron chi connectivity index (χ3n) is 3.82. The highest BCUT2D eigenvalue weighted by Gasteiger charge is 2.31. The van der Waals surface area contributed by atoms with Gasteiger partial charge in [-0.2, -0.15) is 0 Å². The molecule has 1 N–H and O–H groups in total. The molecule has 1 amide bonds. The maximum atomic E-state index is 14.1. The van der Waals surface area contributed by atoms with Crippen molar-refractivity contribution in [3.8, 4) is 0 Å². The molecule has 0 aromatic heterocycles. The van der Waals surface area contributed by atoms with Gasteiger partial charge in [-0.25, -0.2) is 12.8 Å². The summed E-state index contributed by atoms with van der Waals surface area (Å²) < 4.78 is 39.2. The molecule has 1 atom stereocenters. The van der Waals surface area contributed by atoms with Gasteiger partial charge in [-0.05, 0) is 44.5 Å². The van der Waals surface area contributed by atoms with Crippen molar-refractivity contribution in [2.75, 3.05) is 15.9 Å². The van der Waals surface area contributed by atoms with Gasteiger partial charge in [-0.1, -0.05) is 29.8 Å². The minimum atomic E-state index is -3.86. The Labute approximate surface area is 147 Å². The van der Waals surface area contributed by atoms with Crippen molar-refractivity contribution in [2.24, 2.45) is 0 Å². The average molecular weight is 364 g/mol. The Bertz CT molecular complexity index is 897. The summed E-state index contributed by atoms with van der Waals surface area (Å²) in [7, 11) is -3.86. The van der Waals surface area contributed by atoms with Gasteiger partial charge in [-0.15, -0.1) is 0 Å². The van der Waals surface area contributed by atoms with E-state index in [-0.39, 0.29) is 5.69 Å². The fourth-order valence-electron chi connectivity index (χ4n) is 2.60. The lowest BCUT2D eigenvalue weighted by atomic mass is 10.1. The van der Waals surface area contributed by atoms with Gasteiger partial charge in [0.15, 0.2) is 0 Å². The van der Waals surface area contributed by atoms with Gasteiger partial charge in [0.05, 0.1) is 11.9 Å². The summed E-state index contributed by atoms with van der Waals surface area (Å²) in [6.45, 7) is 5.20. The van der Waals surface area contributed by atoms with E-state index >= 15 is 0 Å². The summed E-state index contributed by atoms with van der Waals surface area (Å²) in [5.74, 6) is -1.25. The second-order valence-corrected chi connectivity index (χ2v) is 7.85. The molecule has 5 nitrogen and oxygen atoms in total. The molecule has 0 saturated carbocycles. The monoisotopic (exact) mass is 364 g/mol. The predicted molar refractivity (Wildman–Crippen MR) is 97.7 cm³/mol. The van der Waals surface area contributed by atoms with Crippen molar-refractivity contribution in [2.45, 2.75) is 26.8 Å². The number of benzene rings is 2. The van der Waals surface area contributed by atoms with Crippen LogP contribution in [0.1, 0.15) is 18.1 Å². The largest absolute Gasteiger partial charge is 0.324 e. The van der Waals surface area contributed by atoms with Crippen LogP contribution in [0.15, 0.2) is 42.5 Å². The lowest BCUT2D eigenvalue weighted by Gasteiger charge is -2.28. The smallest absolute Gasteiger partial charge is 0.248 e. The topological polar surface area (TPSA) is 66.5 Å². The minimum Gasteiger partial charge on any atom is -0.324 e. The van der Waals surface area contributed by atoms with Crippen LogP contribution in [-0.4, -0.2) is 26.6 Å². The minimum absolute atomic E-state index is 0.159. The third kappa shape index (κ3) is 4.36. The molecule has 134 valence electrons. The first kappa shape index (κ1) is 18.9.